The van der Waals surface area contributed by atoms with Crippen molar-refractivity contribution in [2.24, 2.45) is 5.92 Å². The van der Waals surface area contributed by atoms with Crippen molar-refractivity contribution < 1.29 is 23.9 Å². The van der Waals surface area contributed by atoms with Crippen LogP contribution in [-0.4, -0.2) is 24.8 Å². The predicted molar refractivity (Wildman–Crippen MR) is 125 cm³/mol. The molecule has 0 radical (unpaired) electrons. The van der Waals surface area contributed by atoms with Gasteiger partial charge in [0, 0.05) is 25.7 Å². The fraction of sp³-hybridized carbons (Fsp3) is 0.593. The van der Waals surface area contributed by atoms with Crippen LogP contribution in [0.2, 0.25) is 0 Å². The van der Waals surface area contributed by atoms with Gasteiger partial charge >= 0.3 is 11.9 Å². The standard InChI is InChI=1S/C27H38O5/c1-4-5-8-12-25(32-20(2)28)21-14-16-23(17-15-21)27-22(18-19-24(27)29)11-9-6-7-10-13-26(30)31-3/h6,9,14-17,22,25,27H,4-5,7-8,10-13,18-19H2,1-3H3/b9-6-/t22-,25+,27-/m0/s1. The third-order valence-corrected chi connectivity index (χ3v) is 6.21. The van der Waals surface area contributed by atoms with Gasteiger partial charge in [0.05, 0.1) is 7.11 Å². The lowest BCUT2D eigenvalue weighted by Gasteiger charge is -2.20. The summed E-state index contributed by atoms with van der Waals surface area (Å²) in [5.74, 6) is 0.0981. The number of benzene rings is 1. The summed E-state index contributed by atoms with van der Waals surface area (Å²) in [7, 11) is 1.41. The molecule has 1 fully saturated rings. The molecule has 1 saturated carbocycles. The summed E-state index contributed by atoms with van der Waals surface area (Å²) in [4.78, 5) is 35.3. The van der Waals surface area contributed by atoms with Crippen molar-refractivity contribution in [2.75, 3.05) is 7.11 Å². The molecule has 176 valence electrons. The quantitative estimate of drug-likeness (QED) is 0.206. The summed E-state index contributed by atoms with van der Waals surface area (Å²) in [5, 5.41) is 0. The molecule has 1 aromatic rings. The second-order valence-corrected chi connectivity index (χ2v) is 8.68. The van der Waals surface area contributed by atoms with E-state index in [1.165, 1.54) is 14.0 Å². The molecule has 0 heterocycles. The summed E-state index contributed by atoms with van der Waals surface area (Å²) >= 11 is 0. The van der Waals surface area contributed by atoms with Crippen LogP contribution in [0.3, 0.4) is 0 Å². The zero-order valence-corrected chi connectivity index (χ0v) is 19.8. The third kappa shape index (κ3) is 8.25. The molecular weight excluding hydrogens is 404 g/mol. The summed E-state index contributed by atoms with van der Waals surface area (Å²) < 4.78 is 10.2. The van der Waals surface area contributed by atoms with Gasteiger partial charge in [0.1, 0.15) is 11.9 Å². The Balaban J connectivity index is 1.98. The van der Waals surface area contributed by atoms with Crippen LogP contribution in [0.1, 0.15) is 101 Å². The van der Waals surface area contributed by atoms with Crippen LogP contribution in [0.25, 0.3) is 0 Å². The Morgan fingerprint density at radius 2 is 1.88 bits per heavy atom. The molecule has 0 aromatic heterocycles. The van der Waals surface area contributed by atoms with Crippen LogP contribution in [-0.2, 0) is 23.9 Å². The monoisotopic (exact) mass is 442 g/mol. The van der Waals surface area contributed by atoms with E-state index in [1.807, 2.05) is 24.3 Å². The lowest BCUT2D eigenvalue weighted by Crippen LogP contribution is -2.13. The zero-order valence-electron chi connectivity index (χ0n) is 19.8. The molecule has 5 nitrogen and oxygen atoms in total. The largest absolute Gasteiger partial charge is 0.469 e. The average molecular weight is 443 g/mol. The highest BCUT2D eigenvalue weighted by molar-refractivity contribution is 5.88. The maximum Gasteiger partial charge on any atom is 0.305 e. The molecule has 32 heavy (non-hydrogen) atoms. The van der Waals surface area contributed by atoms with Gasteiger partial charge < -0.3 is 9.47 Å². The van der Waals surface area contributed by atoms with E-state index in [0.717, 1.165) is 62.5 Å². The van der Waals surface area contributed by atoms with Crippen LogP contribution in [0.5, 0.6) is 0 Å². The van der Waals surface area contributed by atoms with E-state index in [0.29, 0.717) is 24.5 Å². The number of Topliss-reactive ketones (excluding diaryl/α,β-unsaturated/α-hetero) is 1. The molecule has 0 bridgehead atoms. The molecule has 1 aliphatic rings. The Labute approximate surface area is 192 Å². The lowest BCUT2D eigenvalue weighted by molar-refractivity contribution is -0.147. The van der Waals surface area contributed by atoms with Gasteiger partial charge in [-0.25, -0.2) is 0 Å². The number of rotatable bonds is 13. The van der Waals surface area contributed by atoms with Gasteiger partial charge in [-0.15, -0.1) is 0 Å². The van der Waals surface area contributed by atoms with E-state index in [-0.39, 0.29) is 24.0 Å². The minimum Gasteiger partial charge on any atom is -0.469 e. The van der Waals surface area contributed by atoms with Gasteiger partial charge in [-0.2, -0.15) is 0 Å². The molecule has 2 rings (SSSR count). The first kappa shape index (κ1) is 25.8. The third-order valence-electron chi connectivity index (χ3n) is 6.21. The number of esters is 2. The first-order chi connectivity index (χ1) is 15.5. The van der Waals surface area contributed by atoms with Crippen LogP contribution in [0.4, 0.5) is 0 Å². The van der Waals surface area contributed by atoms with Gasteiger partial charge in [0.15, 0.2) is 0 Å². The van der Waals surface area contributed by atoms with Crippen molar-refractivity contribution >= 4 is 17.7 Å². The number of hydrogen-bond acceptors (Lipinski definition) is 5. The van der Waals surface area contributed by atoms with Crippen molar-refractivity contribution in [2.45, 2.75) is 90.1 Å². The lowest BCUT2D eigenvalue weighted by atomic mass is 9.85. The smallest absolute Gasteiger partial charge is 0.305 e. The minimum atomic E-state index is -0.264. The number of carbonyl (C=O) groups excluding carboxylic acids is 3. The van der Waals surface area contributed by atoms with E-state index in [4.69, 9.17) is 4.74 Å². The van der Waals surface area contributed by atoms with Gasteiger partial charge in [-0.05, 0) is 55.6 Å². The maximum absolute atomic E-state index is 12.6. The number of methoxy groups -OCH3 is 1. The van der Waals surface area contributed by atoms with Gasteiger partial charge in [0.25, 0.3) is 0 Å². The Kier molecular flexibility index (Phi) is 11.2. The van der Waals surface area contributed by atoms with E-state index in [1.54, 1.807) is 0 Å². The Hall–Kier alpha value is -2.43. The number of ether oxygens (including phenoxy) is 2. The number of ketones is 1. The maximum atomic E-state index is 12.6. The highest BCUT2D eigenvalue weighted by atomic mass is 16.5. The van der Waals surface area contributed by atoms with E-state index in [2.05, 4.69) is 23.8 Å². The fourth-order valence-corrected chi connectivity index (χ4v) is 4.47. The molecule has 0 amide bonds. The van der Waals surface area contributed by atoms with Crippen LogP contribution >= 0.6 is 0 Å². The molecule has 0 N–H and O–H groups in total. The molecule has 0 saturated heterocycles. The minimum absolute atomic E-state index is 0.0731. The summed E-state index contributed by atoms with van der Waals surface area (Å²) in [5.41, 5.74) is 2.04. The number of unbranched alkanes of at least 4 members (excludes halogenated alkanes) is 3. The Bertz CT molecular complexity index is 765. The molecule has 5 heteroatoms. The predicted octanol–water partition coefficient (Wildman–Crippen LogP) is 6.22. The highest BCUT2D eigenvalue weighted by Crippen LogP contribution is 2.40. The fourth-order valence-electron chi connectivity index (χ4n) is 4.47. The van der Waals surface area contributed by atoms with Crippen molar-refractivity contribution in [3.05, 3.63) is 47.5 Å². The Morgan fingerprint density at radius 1 is 1.12 bits per heavy atom. The van der Waals surface area contributed by atoms with Gasteiger partial charge in [-0.1, -0.05) is 56.2 Å². The zero-order chi connectivity index (χ0) is 23.3. The van der Waals surface area contributed by atoms with Crippen LogP contribution in [0.15, 0.2) is 36.4 Å². The first-order valence-corrected chi connectivity index (χ1v) is 12.0. The van der Waals surface area contributed by atoms with Crippen LogP contribution < -0.4 is 0 Å². The van der Waals surface area contributed by atoms with Crippen molar-refractivity contribution in [3.8, 4) is 0 Å². The summed E-state index contributed by atoms with van der Waals surface area (Å²) in [6, 6.07) is 8.10. The topological polar surface area (TPSA) is 69.7 Å². The van der Waals surface area contributed by atoms with E-state index in [9.17, 15) is 14.4 Å². The molecule has 3 atom stereocenters. The highest BCUT2D eigenvalue weighted by Gasteiger charge is 2.35. The van der Waals surface area contributed by atoms with Crippen molar-refractivity contribution in [1.82, 2.24) is 0 Å². The van der Waals surface area contributed by atoms with Crippen molar-refractivity contribution in [3.63, 3.8) is 0 Å². The van der Waals surface area contributed by atoms with Crippen molar-refractivity contribution in [1.29, 1.82) is 0 Å². The second kappa shape index (κ2) is 13.9. The molecule has 0 spiro atoms. The summed E-state index contributed by atoms with van der Waals surface area (Å²) in [6.07, 6.45) is 12.5. The molecule has 1 aromatic carbocycles. The van der Waals surface area contributed by atoms with E-state index >= 15 is 0 Å². The number of allylic oxidation sites excluding steroid dienone is 2. The normalized spacial score (nSPS) is 19.3. The van der Waals surface area contributed by atoms with Gasteiger partial charge in [0.2, 0.25) is 0 Å². The van der Waals surface area contributed by atoms with Gasteiger partial charge in [-0.3, -0.25) is 14.4 Å². The first-order valence-electron chi connectivity index (χ1n) is 12.0. The SMILES string of the molecule is CCCCC[C@@H](OC(C)=O)c1ccc([C@H]2C(=O)CC[C@@H]2C/C=C\CCCC(=O)OC)cc1. The number of carbonyl (C=O) groups is 3. The second-order valence-electron chi connectivity index (χ2n) is 8.68. The summed E-state index contributed by atoms with van der Waals surface area (Å²) in [6.45, 7) is 3.61. The average Bonchev–Trinajstić information content (AvgIpc) is 3.15. The molecule has 1 aliphatic carbocycles. The molecular formula is C27H38O5. The number of hydrogen-bond donors (Lipinski definition) is 0. The van der Waals surface area contributed by atoms with E-state index < -0.39 is 0 Å². The van der Waals surface area contributed by atoms with Crippen LogP contribution in [0, 0.1) is 5.92 Å². The molecule has 0 unspecified atom stereocenters. The molecule has 0 aliphatic heterocycles. The Morgan fingerprint density at radius 3 is 2.53 bits per heavy atom.